The van der Waals surface area contributed by atoms with E-state index in [1.165, 1.54) is 34.5 Å². The number of methoxy groups -OCH3 is 5. The lowest BCUT2D eigenvalue weighted by Crippen LogP contribution is -2.21. The van der Waals surface area contributed by atoms with Crippen LogP contribution in [-0.2, 0) is 4.74 Å². The Labute approximate surface area is 197 Å². The highest BCUT2D eigenvalue weighted by molar-refractivity contribution is 6.03. The Morgan fingerprint density at radius 1 is 0.618 bits per heavy atom. The summed E-state index contributed by atoms with van der Waals surface area (Å²) in [6, 6.07) is 16.3. The van der Waals surface area contributed by atoms with Gasteiger partial charge in [0.1, 0.15) is 17.1 Å². The van der Waals surface area contributed by atoms with Crippen molar-refractivity contribution in [3.05, 3.63) is 77.4 Å². The molecule has 178 valence electrons. The number of hydrogen-bond acceptors (Lipinski definition) is 8. The van der Waals surface area contributed by atoms with Crippen molar-refractivity contribution >= 4 is 11.8 Å². The van der Waals surface area contributed by atoms with Gasteiger partial charge in [-0.3, -0.25) is 4.79 Å². The second kappa shape index (κ2) is 11.1. The van der Waals surface area contributed by atoms with Crippen molar-refractivity contribution < 1.29 is 38.0 Å². The van der Waals surface area contributed by atoms with Gasteiger partial charge in [0.05, 0.1) is 35.5 Å². The average molecular weight is 466 g/mol. The van der Waals surface area contributed by atoms with E-state index in [1.54, 1.807) is 61.7 Å². The molecule has 0 N–H and O–H groups in total. The molecule has 1 atom stereocenters. The lowest BCUT2D eigenvalue weighted by molar-refractivity contribution is 0.0276. The molecule has 0 aromatic heterocycles. The molecule has 3 aromatic carbocycles. The molecular weight excluding hydrogens is 440 g/mol. The Morgan fingerprint density at radius 2 is 1.18 bits per heavy atom. The third-order valence-corrected chi connectivity index (χ3v) is 5.18. The average Bonchev–Trinajstić information content (AvgIpc) is 2.90. The van der Waals surface area contributed by atoms with Gasteiger partial charge in [0, 0.05) is 11.1 Å². The van der Waals surface area contributed by atoms with E-state index in [4.69, 9.17) is 28.4 Å². The van der Waals surface area contributed by atoms with Crippen molar-refractivity contribution in [2.75, 3.05) is 35.5 Å². The fourth-order valence-electron chi connectivity index (χ4n) is 3.39. The largest absolute Gasteiger partial charge is 0.497 e. The van der Waals surface area contributed by atoms with Crippen LogP contribution >= 0.6 is 0 Å². The predicted octanol–water partition coefficient (Wildman–Crippen LogP) is 4.51. The molecule has 0 radical (unpaired) electrons. The summed E-state index contributed by atoms with van der Waals surface area (Å²) in [7, 11) is 7.39. The van der Waals surface area contributed by atoms with Crippen LogP contribution in [0, 0.1) is 0 Å². The highest BCUT2D eigenvalue weighted by Crippen LogP contribution is 2.40. The highest BCUT2D eigenvalue weighted by atomic mass is 16.6. The first-order valence-electron chi connectivity index (χ1n) is 10.3. The number of carbonyl (C=O) groups excluding carboxylic acids is 2. The van der Waals surface area contributed by atoms with Gasteiger partial charge in [-0.25, -0.2) is 4.79 Å². The SMILES string of the molecule is COc1ccc(C(=O)C(OC(=O)c2ccc(OC)c(OC)c2OC)c2ccc(OC)cc2)cc1. The summed E-state index contributed by atoms with van der Waals surface area (Å²) in [6.07, 6.45) is -1.22. The molecule has 0 heterocycles. The minimum Gasteiger partial charge on any atom is -0.497 e. The lowest BCUT2D eigenvalue weighted by atomic mass is 9.99. The summed E-state index contributed by atoms with van der Waals surface area (Å²) >= 11 is 0. The second-order valence-electron chi connectivity index (χ2n) is 7.03. The summed E-state index contributed by atoms with van der Waals surface area (Å²) in [5.41, 5.74) is 0.921. The number of hydrogen-bond donors (Lipinski definition) is 0. The van der Waals surface area contributed by atoms with Crippen LogP contribution in [0.1, 0.15) is 32.4 Å². The molecular formula is C26H26O8. The molecule has 0 amide bonds. The first kappa shape index (κ1) is 24.4. The van der Waals surface area contributed by atoms with Gasteiger partial charge in [-0.2, -0.15) is 0 Å². The molecule has 3 rings (SSSR count). The molecule has 0 bridgehead atoms. The number of rotatable bonds is 10. The van der Waals surface area contributed by atoms with E-state index >= 15 is 0 Å². The summed E-state index contributed by atoms with van der Waals surface area (Å²) in [6.45, 7) is 0. The van der Waals surface area contributed by atoms with E-state index in [0.29, 0.717) is 28.4 Å². The monoisotopic (exact) mass is 466 g/mol. The van der Waals surface area contributed by atoms with E-state index in [2.05, 4.69) is 0 Å². The number of esters is 1. The van der Waals surface area contributed by atoms with E-state index in [-0.39, 0.29) is 17.1 Å². The van der Waals surface area contributed by atoms with Crippen LogP contribution in [0.4, 0.5) is 0 Å². The van der Waals surface area contributed by atoms with Crippen molar-refractivity contribution in [3.8, 4) is 28.7 Å². The van der Waals surface area contributed by atoms with Crippen LogP contribution in [0.25, 0.3) is 0 Å². The van der Waals surface area contributed by atoms with Crippen molar-refractivity contribution in [2.24, 2.45) is 0 Å². The van der Waals surface area contributed by atoms with E-state index in [1.807, 2.05) is 0 Å². The fourth-order valence-corrected chi connectivity index (χ4v) is 3.39. The molecule has 34 heavy (non-hydrogen) atoms. The van der Waals surface area contributed by atoms with Gasteiger partial charge in [0.25, 0.3) is 0 Å². The van der Waals surface area contributed by atoms with Crippen molar-refractivity contribution in [1.29, 1.82) is 0 Å². The quantitative estimate of drug-likeness (QED) is 0.319. The summed E-state index contributed by atoms with van der Waals surface area (Å²) in [5, 5.41) is 0. The third-order valence-electron chi connectivity index (χ3n) is 5.18. The molecule has 0 spiro atoms. The van der Waals surface area contributed by atoms with Crippen molar-refractivity contribution in [1.82, 2.24) is 0 Å². The molecule has 1 unspecified atom stereocenters. The molecule has 0 aliphatic rings. The molecule has 0 fully saturated rings. The Bertz CT molecular complexity index is 1140. The minimum absolute atomic E-state index is 0.0844. The number of ether oxygens (including phenoxy) is 6. The number of ketones is 1. The standard InChI is InChI=1S/C26H26O8/c1-29-18-10-6-16(7-11-18)22(27)23(17-8-12-19(30-2)13-9-17)34-26(28)20-14-15-21(31-3)25(33-5)24(20)32-4/h6-15,23H,1-5H3. The summed E-state index contributed by atoms with van der Waals surface area (Å²) in [4.78, 5) is 26.7. The van der Waals surface area contributed by atoms with E-state index < -0.39 is 17.9 Å². The summed E-state index contributed by atoms with van der Waals surface area (Å²) < 4.78 is 32.1. The molecule has 8 heteroatoms. The molecule has 0 saturated carbocycles. The first-order chi connectivity index (χ1) is 16.5. The number of carbonyl (C=O) groups is 2. The zero-order valence-corrected chi connectivity index (χ0v) is 19.6. The zero-order chi connectivity index (χ0) is 24.7. The van der Waals surface area contributed by atoms with E-state index in [9.17, 15) is 9.59 Å². The third kappa shape index (κ3) is 5.06. The van der Waals surface area contributed by atoms with E-state index in [0.717, 1.165) is 0 Å². The fraction of sp³-hybridized carbons (Fsp3) is 0.231. The van der Waals surface area contributed by atoms with Gasteiger partial charge in [0.15, 0.2) is 17.6 Å². The van der Waals surface area contributed by atoms with Crippen LogP contribution in [0.15, 0.2) is 60.7 Å². The van der Waals surface area contributed by atoms with Gasteiger partial charge >= 0.3 is 5.97 Å². The van der Waals surface area contributed by atoms with Crippen LogP contribution in [0.2, 0.25) is 0 Å². The van der Waals surface area contributed by atoms with Crippen LogP contribution in [-0.4, -0.2) is 47.3 Å². The molecule has 3 aromatic rings. The maximum absolute atomic E-state index is 13.4. The smallest absolute Gasteiger partial charge is 0.343 e. The molecule has 0 aliphatic heterocycles. The maximum Gasteiger partial charge on any atom is 0.343 e. The van der Waals surface area contributed by atoms with Crippen molar-refractivity contribution in [3.63, 3.8) is 0 Å². The molecule has 0 saturated heterocycles. The van der Waals surface area contributed by atoms with Gasteiger partial charge in [-0.05, 0) is 48.5 Å². The highest BCUT2D eigenvalue weighted by Gasteiger charge is 2.30. The lowest BCUT2D eigenvalue weighted by Gasteiger charge is -2.20. The minimum atomic E-state index is -1.22. The Morgan fingerprint density at radius 3 is 1.68 bits per heavy atom. The van der Waals surface area contributed by atoms with Crippen LogP contribution in [0.5, 0.6) is 28.7 Å². The zero-order valence-electron chi connectivity index (χ0n) is 19.6. The van der Waals surface area contributed by atoms with Gasteiger partial charge in [0.2, 0.25) is 11.5 Å². The van der Waals surface area contributed by atoms with Gasteiger partial charge in [-0.1, -0.05) is 12.1 Å². The number of Topliss-reactive ketones (excluding diaryl/α,β-unsaturated/α-hetero) is 1. The van der Waals surface area contributed by atoms with Gasteiger partial charge < -0.3 is 28.4 Å². The van der Waals surface area contributed by atoms with Crippen LogP contribution < -0.4 is 23.7 Å². The normalized spacial score (nSPS) is 11.2. The Balaban J connectivity index is 2.01. The predicted molar refractivity (Wildman–Crippen MR) is 125 cm³/mol. The second-order valence-corrected chi connectivity index (χ2v) is 7.03. The Hall–Kier alpha value is -4.20. The Kier molecular flexibility index (Phi) is 7.97. The van der Waals surface area contributed by atoms with Gasteiger partial charge in [-0.15, -0.1) is 0 Å². The maximum atomic E-state index is 13.4. The molecule has 0 aliphatic carbocycles. The molecule has 8 nitrogen and oxygen atoms in total. The van der Waals surface area contributed by atoms with Crippen LogP contribution in [0.3, 0.4) is 0 Å². The first-order valence-corrected chi connectivity index (χ1v) is 10.3. The topological polar surface area (TPSA) is 89.5 Å². The number of benzene rings is 3. The van der Waals surface area contributed by atoms with Crippen molar-refractivity contribution in [2.45, 2.75) is 6.10 Å². The summed E-state index contributed by atoms with van der Waals surface area (Å²) in [5.74, 6) is 0.800.